The van der Waals surface area contributed by atoms with Gasteiger partial charge in [-0.1, -0.05) is 30.3 Å². The van der Waals surface area contributed by atoms with Gasteiger partial charge in [-0.15, -0.1) is 0 Å². The normalized spacial score (nSPS) is 11.3. The van der Waals surface area contributed by atoms with E-state index in [0.29, 0.717) is 11.5 Å². The van der Waals surface area contributed by atoms with Gasteiger partial charge in [-0.25, -0.2) is 13.1 Å². The number of methoxy groups -OCH3 is 1. The summed E-state index contributed by atoms with van der Waals surface area (Å²) in [5.74, 6) is 0.631. The molecular weight excluding hydrogens is 370 g/mol. The summed E-state index contributed by atoms with van der Waals surface area (Å²) in [5, 5.41) is 1.00. The number of hydrogen-bond acceptors (Lipinski definition) is 6. The molecule has 0 saturated carbocycles. The highest BCUT2D eigenvalue weighted by molar-refractivity contribution is 7.92. The lowest BCUT2D eigenvalue weighted by Crippen LogP contribution is -2.30. The van der Waals surface area contributed by atoms with Crippen LogP contribution in [0.3, 0.4) is 0 Å². The van der Waals surface area contributed by atoms with Crippen molar-refractivity contribution in [3.63, 3.8) is 0 Å². The molecule has 0 aliphatic heterocycles. The average Bonchev–Trinajstić information content (AvgIpc) is 2.69. The first-order valence-electron chi connectivity index (χ1n) is 8.14. The van der Waals surface area contributed by atoms with Gasteiger partial charge in [-0.05, 0) is 35.9 Å². The molecule has 2 aromatic rings. The molecule has 2 aromatic carbocycles. The molecule has 0 spiro atoms. The molecule has 0 aromatic heterocycles. The van der Waals surface area contributed by atoms with Crippen LogP contribution in [0.15, 0.2) is 60.0 Å². The molecule has 144 valence electrons. The Labute approximate surface area is 158 Å². The standard InChI is InChI=1S/C19H21NO6S/c1-24-17-7-9-18(10-8-17)25-12-13-26-19(21)15-20-27(22,23)14-11-16-5-3-2-4-6-16/h2-11,14,20H,12-13,15H2,1H3/b14-11+. The average molecular weight is 391 g/mol. The van der Waals surface area contributed by atoms with Gasteiger partial charge in [0.1, 0.15) is 31.3 Å². The second kappa shape index (κ2) is 10.3. The Morgan fingerprint density at radius 2 is 1.67 bits per heavy atom. The van der Waals surface area contributed by atoms with Crippen LogP contribution in [-0.2, 0) is 19.6 Å². The zero-order valence-electron chi connectivity index (χ0n) is 14.8. The van der Waals surface area contributed by atoms with Gasteiger partial charge in [0, 0.05) is 5.41 Å². The summed E-state index contributed by atoms with van der Waals surface area (Å²) in [7, 11) is -2.16. The number of rotatable bonds is 10. The van der Waals surface area contributed by atoms with Crippen molar-refractivity contribution in [1.29, 1.82) is 0 Å². The molecule has 0 bridgehead atoms. The topological polar surface area (TPSA) is 90.9 Å². The molecule has 0 aliphatic carbocycles. The molecule has 27 heavy (non-hydrogen) atoms. The third kappa shape index (κ3) is 7.93. The highest BCUT2D eigenvalue weighted by atomic mass is 32.2. The number of sulfonamides is 1. The lowest BCUT2D eigenvalue weighted by molar-refractivity contribution is -0.142. The van der Waals surface area contributed by atoms with E-state index in [1.807, 2.05) is 6.07 Å². The molecule has 0 heterocycles. The molecular formula is C19H21NO6S. The number of ether oxygens (including phenoxy) is 3. The minimum atomic E-state index is -3.73. The molecule has 8 heteroatoms. The molecule has 0 amide bonds. The Bertz CT molecular complexity index is 848. The Hall–Kier alpha value is -2.84. The van der Waals surface area contributed by atoms with E-state index in [0.717, 1.165) is 11.0 Å². The highest BCUT2D eigenvalue weighted by Gasteiger charge is 2.10. The smallest absolute Gasteiger partial charge is 0.321 e. The lowest BCUT2D eigenvalue weighted by Gasteiger charge is -2.08. The second-order valence-electron chi connectivity index (χ2n) is 5.32. The number of carbonyl (C=O) groups is 1. The van der Waals surface area contributed by atoms with E-state index >= 15 is 0 Å². The molecule has 0 radical (unpaired) electrons. The summed E-state index contributed by atoms with van der Waals surface area (Å²) in [4.78, 5) is 11.6. The van der Waals surface area contributed by atoms with Crippen LogP contribution in [0.25, 0.3) is 6.08 Å². The molecule has 0 aliphatic rings. The third-order valence-corrected chi connectivity index (χ3v) is 4.37. The van der Waals surface area contributed by atoms with Crippen LogP contribution in [-0.4, -0.2) is 41.3 Å². The fraction of sp³-hybridized carbons (Fsp3) is 0.211. The fourth-order valence-corrected chi connectivity index (χ4v) is 2.73. The van der Waals surface area contributed by atoms with Crippen LogP contribution in [0, 0.1) is 0 Å². The summed E-state index contributed by atoms with van der Waals surface area (Å²) >= 11 is 0. The maximum Gasteiger partial charge on any atom is 0.321 e. The largest absolute Gasteiger partial charge is 0.497 e. The van der Waals surface area contributed by atoms with Crippen LogP contribution < -0.4 is 14.2 Å². The van der Waals surface area contributed by atoms with E-state index in [1.165, 1.54) is 6.08 Å². The maximum absolute atomic E-state index is 11.8. The number of hydrogen-bond donors (Lipinski definition) is 1. The van der Waals surface area contributed by atoms with E-state index in [1.54, 1.807) is 55.6 Å². The Morgan fingerprint density at radius 3 is 2.33 bits per heavy atom. The number of carbonyl (C=O) groups excluding carboxylic acids is 1. The van der Waals surface area contributed by atoms with Crippen LogP contribution in [0.4, 0.5) is 0 Å². The molecule has 7 nitrogen and oxygen atoms in total. The van der Waals surface area contributed by atoms with Crippen LogP contribution in [0.2, 0.25) is 0 Å². The van der Waals surface area contributed by atoms with Crippen molar-refractivity contribution in [1.82, 2.24) is 4.72 Å². The van der Waals surface area contributed by atoms with Crippen molar-refractivity contribution in [2.45, 2.75) is 0 Å². The van der Waals surface area contributed by atoms with Gasteiger partial charge in [0.25, 0.3) is 0 Å². The Kier molecular flexibility index (Phi) is 7.84. The van der Waals surface area contributed by atoms with E-state index in [4.69, 9.17) is 14.2 Å². The molecule has 1 N–H and O–H groups in total. The third-order valence-electron chi connectivity index (χ3n) is 3.33. The van der Waals surface area contributed by atoms with Crippen molar-refractivity contribution in [3.05, 3.63) is 65.6 Å². The number of esters is 1. The summed E-state index contributed by atoms with van der Waals surface area (Å²) in [6.45, 7) is -0.296. The Morgan fingerprint density at radius 1 is 1.00 bits per heavy atom. The molecule has 2 rings (SSSR count). The van der Waals surface area contributed by atoms with Gasteiger partial charge in [0.05, 0.1) is 7.11 Å². The van der Waals surface area contributed by atoms with Gasteiger partial charge in [-0.3, -0.25) is 4.79 Å². The van der Waals surface area contributed by atoms with Gasteiger partial charge in [-0.2, -0.15) is 0 Å². The lowest BCUT2D eigenvalue weighted by atomic mass is 10.2. The van der Waals surface area contributed by atoms with Gasteiger partial charge < -0.3 is 14.2 Å². The van der Waals surface area contributed by atoms with Gasteiger partial charge >= 0.3 is 5.97 Å². The zero-order valence-corrected chi connectivity index (χ0v) is 15.6. The molecule has 0 atom stereocenters. The van der Waals surface area contributed by atoms with E-state index in [-0.39, 0.29) is 13.2 Å². The SMILES string of the molecule is COc1ccc(OCCOC(=O)CNS(=O)(=O)/C=C/c2ccccc2)cc1. The molecule has 0 fully saturated rings. The summed E-state index contributed by atoms with van der Waals surface area (Å²) in [6, 6.07) is 15.9. The summed E-state index contributed by atoms with van der Waals surface area (Å²) < 4.78 is 41.2. The number of nitrogens with one attached hydrogen (secondary N) is 1. The van der Waals surface area contributed by atoms with Crippen molar-refractivity contribution in [2.24, 2.45) is 0 Å². The maximum atomic E-state index is 11.8. The van der Waals surface area contributed by atoms with Gasteiger partial charge in [0.15, 0.2) is 0 Å². The van der Waals surface area contributed by atoms with E-state index in [2.05, 4.69) is 4.72 Å². The predicted octanol–water partition coefficient (Wildman–Crippen LogP) is 2.21. The quantitative estimate of drug-likeness (QED) is 0.493. The molecule has 0 unspecified atom stereocenters. The van der Waals surface area contributed by atoms with E-state index < -0.39 is 22.5 Å². The Balaban J connectivity index is 1.66. The minimum Gasteiger partial charge on any atom is -0.497 e. The van der Waals surface area contributed by atoms with E-state index in [9.17, 15) is 13.2 Å². The summed E-state index contributed by atoms with van der Waals surface area (Å²) in [5.41, 5.74) is 0.737. The first kappa shape index (κ1) is 20.5. The number of benzene rings is 2. The second-order valence-corrected chi connectivity index (χ2v) is 6.97. The first-order chi connectivity index (χ1) is 13.0. The van der Waals surface area contributed by atoms with Crippen molar-refractivity contribution >= 4 is 22.1 Å². The monoisotopic (exact) mass is 391 g/mol. The molecule has 0 saturated heterocycles. The van der Waals surface area contributed by atoms with Gasteiger partial charge in [0.2, 0.25) is 10.0 Å². The fourth-order valence-electron chi connectivity index (χ4n) is 1.98. The predicted molar refractivity (Wildman–Crippen MR) is 102 cm³/mol. The van der Waals surface area contributed by atoms with Crippen LogP contribution in [0.1, 0.15) is 5.56 Å². The van der Waals surface area contributed by atoms with Crippen LogP contribution in [0.5, 0.6) is 11.5 Å². The summed E-state index contributed by atoms with van der Waals surface area (Å²) in [6.07, 6.45) is 1.44. The van der Waals surface area contributed by atoms with Crippen molar-refractivity contribution in [2.75, 3.05) is 26.9 Å². The first-order valence-corrected chi connectivity index (χ1v) is 9.68. The van der Waals surface area contributed by atoms with Crippen molar-refractivity contribution in [3.8, 4) is 11.5 Å². The van der Waals surface area contributed by atoms with Crippen molar-refractivity contribution < 1.29 is 27.4 Å². The highest BCUT2D eigenvalue weighted by Crippen LogP contribution is 2.16. The van der Waals surface area contributed by atoms with Crippen LogP contribution >= 0.6 is 0 Å². The zero-order chi connectivity index (χ0) is 19.5. The minimum absolute atomic E-state index is 0.00639.